The lowest BCUT2D eigenvalue weighted by Crippen LogP contribution is -2.49. The lowest BCUT2D eigenvalue weighted by atomic mass is 9.96. The molecule has 1 fully saturated rings. The fourth-order valence-corrected chi connectivity index (χ4v) is 3.15. The van der Waals surface area contributed by atoms with Crippen molar-refractivity contribution in [2.45, 2.75) is 32.7 Å². The first-order chi connectivity index (χ1) is 10.9. The molecule has 1 aliphatic heterocycles. The molecule has 1 aromatic rings. The number of benzene rings is 1. The van der Waals surface area contributed by atoms with Crippen molar-refractivity contribution in [3.8, 4) is 5.75 Å². The lowest BCUT2D eigenvalue weighted by Gasteiger charge is -2.34. The van der Waals surface area contributed by atoms with Gasteiger partial charge in [-0.1, -0.05) is 37.0 Å². The summed E-state index contributed by atoms with van der Waals surface area (Å²) >= 11 is 11.9. The number of hydrogen-bond donors (Lipinski definition) is 1. The van der Waals surface area contributed by atoms with E-state index in [1.807, 2.05) is 18.7 Å². The second kappa shape index (κ2) is 8.22. The summed E-state index contributed by atoms with van der Waals surface area (Å²) in [5, 5.41) is 1.13. The van der Waals surface area contributed by atoms with Gasteiger partial charge in [-0.25, -0.2) is 0 Å². The summed E-state index contributed by atoms with van der Waals surface area (Å²) in [6.45, 7) is 6.03. The third-order valence-corrected chi connectivity index (χ3v) is 4.69. The molecule has 0 bridgehead atoms. The lowest BCUT2D eigenvalue weighted by molar-refractivity contribution is -0.135. The monoisotopic (exact) mass is 358 g/mol. The van der Waals surface area contributed by atoms with Crippen LogP contribution in [0.25, 0.3) is 0 Å². The van der Waals surface area contributed by atoms with E-state index in [1.54, 1.807) is 18.2 Å². The zero-order valence-corrected chi connectivity index (χ0v) is 15.1. The maximum Gasteiger partial charge on any atom is 0.239 e. The van der Waals surface area contributed by atoms with Crippen molar-refractivity contribution in [1.29, 1.82) is 0 Å². The number of nitrogens with zero attached hydrogens (tertiary/aromatic N) is 1. The number of rotatable bonds is 5. The van der Waals surface area contributed by atoms with Gasteiger partial charge < -0.3 is 15.4 Å². The summed E-state index contributed by atoms with van der Waals surface area (Å²) < 4.78 is 5.79. The molecule has 0 aliphatic carbocycles. The van der Waals surface area contributed by atoms with Gasteiger partial charge >= 0.3 is 0 Å². The Morgan fingerprint density at radius 1 is 1.26 bits per heavy atom. The molecule has 0 saturated carbocycles. The van der Waals surface area contributed by atoms with Crippen LogP contribution in [0.15, 0.2) is 18.2 Å². The molecule has 2 rings (SSSR count). The maximum atomic E-state index is 12.2. The van der Waals surface area contributed by atoms with Gasteiger partial charge in [-0.2, -0.15) is 0 Å². The molecule has 0 aromatic heterocycles. The summed E-state index contributed by atoms with van der Waals surface area (Å²) in [5.74, 6) is 1.33. The van der Waals surface area contributed by atoms with Crippen LogP contribution in [0.2, 0.25) is 10.0 Å². The topological polar surface area (TPSA) is 55.6 Å². The van der Waals surface area contributed by atoms with Crippen LogP contribution in [0.4, 0.5) is 0 Å². The fourth-order valence-electron chi connectivity index (χ4n) is 2.64. The molecule has 4 nitrogen and oxygen atoms in total. The fraction of sp³-hybridized carbons (Fsp3) is 0.588. The predicted molar refractivity (Wildman–Crippen MR) is 94.1 cm³/mol. The van der Waals surface area contributed by atoms with Crippen LogP contribution in [-0.2, 0) is 4.79 Å². The molecular formula is C17H24Cl2N2O2. The molecular weight excluding hydrogens is 335 g/mol. The Morgan fingerprint density at radius 3 is 2.35 bits per heavy atom. The first-order valence-corrected chi connectivity index (χ1v) is 8.75. The SMILES string of the molecule is CC(C)[C@H](N)C(=O)N1CCC(COc2cc(Cl)cc(Cl)c2)CC1. The van der Waals surface area contributed by atoms with E-state index >= 15 is 0 Å². The van der Waals surface area contributed by atoms with Gasteiger partial charge in [-0.05, 0) is 42.9 Å². The van der Waals surface area contributed by atoms with Gasteiger partial charge in [-0.3, -0.25) is 4.79 Å². The number of carbonyl (C=O) groups is 1. The molecule has 128 valence electrons. The van der Waals surface area contributed by atoms with E-state index in [1.165, 1.54) is 0 Å². The van der Waals surface area contributed by atoms with E-state index in [0.29, 0.717) is 28.3 Å². The number of likely N-dealkylation sites (tertiary alicyclic amines) is 1. The predicted octanol–water partition coefficient (Wildman–Crippen LogP) is 3.59. The Morgan fingerprint density at radius 2 is 1.83 bits per heavy atom. The quantitative estimate of drug-likeness (QED) is 0.874. The highest BCUT2D eigenvalue weighted by molar-refractivity contribution is 6.34. The van der Waals surface area contributed by atoms with Gasteiger partial charge in [0.1, 0.15) is 5.75 Å². The van der Waals surface area contributed by atoms with E-state index < -0.39 is 6.04 Å². The van der Waals surface area contributed by atoms with E-state index in [9.17, 15) is 4.79 Å². The normalized spacial score (nSPS) is 17.4. The zero-order valence-electron chi connectivity index (χ0n) is 13.6. The van der Waals surface area contributed by atoms with Gasteiger partial charge in [0, 0.05) is 23.1 Å². The highest BCUT2D eigenvalue weighted by atomic mass is 35.5. The number of halogens is 2. The smallest absolute Gasteiger partial charge is 0.239 e. The van der Waals surface area contributed by atoms with Crippen molar-refractivity contribution in [3.63, 3.8) is 0 Å². The number of amides is 1. The van der Waals surface area contributed by atoms with Crippen LogP contribution in [0.3, 0.4) is 0 Å². The summed E-state index contributed by atoms with van der Waals surface area (Å²) in [7, 11) is 0. The van der Waals surface area contributed by atoms with Crippen LogP contribution in [0.5, 0.6) is 5.75 Å². The second-order valence-corrected chi connectivity index (χ2v) is 7.33. The van der Waals surface area contributed by atoms with Gasteiger partial charge in [0.2, 0.25) is 5.91 Å². The van der Waals surface area contributed by atoms with E-state index in [2.05, 4.69) is 0 Å². The molecule has 2 N–H and O–H groups in total. The molecule has 0 spiro atoms. The minimum atomic E-state index is -0.406. The van der Waals surface area contributed by atoms with Gasteiger partial charge in [-0.15, -0.1) is 0 Å². The van der Waals surface area contributed by atoms with Crippen LogP contribution >= 0.6 is 23.2 Å². The number of nitrogens with two attached hydrogens (primary N) is 1. The van der Waals surface area contributed by atoms with Gasteiger partial charge in [0.15, 0.2) is 0 Å². The van der Waals surface area contributed by atoms with Crippen LogP contribution in [-0.4, -0.2) is 36.5 Å². The molecule has 1 atom stereocenters. The number of piperidine rings is 1. The van der Waals surface area contributed by atoms with Crippen molar-refractivity contribution in [3.05, 3.63) is 28.2 Å². The molecule has 1 saturated heterocycles. The van der Waals surface area contributed by atoms with Crippen LogP contribution < -0.4 is 10.5 Å². The van der Waals surface area contributed by atoms with Crippen LogP contribution in [0, 0.1) is 11.8 Å². The Balaban J connectivity index is 1.79. The third-order valence-electron chi connectivity index (χ3n) is 4.25. The van der Waals surface area contributed by atoms with E-state index in [4.69, 9.17) is 33.7 Å². The highest BCUT2D eigenvalue weighted by Crippen LogP contribution is 2.26. The summed E-state index contributed by atoms with van der Waals surface area (Å²) in [6, 6.07) is 4.79. The molecule has 23 heavy (non-hydrogen) atoms. The number of hydrogen-bond acceptors (Lipinski definition) is 3. The molecule has 6 heteroatoms. The van der Waals surface area contributed by atoms with Crippen molar-refractivity contribution < 1.29 is 9.53 Å². The highest BCUT2D eigenvalue weighted by Gasteiger charge is 2.27. The van der Waals surface area contributed by atoms with Crippen molar-refractivity contribution >= 4 is 29.1 Å². The Labute approximate surface area is 147 Å². The Bertz CT molecular complexity index is 523. The molecule has 1 aliphatic rings. The molecule has 1 heterocycles. The largest absolute Gasteiger partial charge is 0.493 e. The molecule has 1 amide bonds. The molecule has 0 radical (unpaired) electrons. The van der Waals surface area contributed by atoms with Gasteiger partial charge in [0.25, 0.3) is 0 Å². The van der Waals surface area contributed by atoms with E-state index in [0.717, 1.165) is 25.9 Å². The Kier molecular flexibility index (Phi) is 6.57. The number of carbonyl (C=O) groups excluding carboxylic acids is 1. The van der Waals surface area contributed by atoms with Crippen LogP contribution in [0.1, 0.15) is 26.7 Å². The minimum absolute atomic E-state index is 0.0565. The van der Waals surface area contributed by atoms with Crippen molar-refractivity contribution in [2.24, 2.45) is 17.6 Å². The van der Waals surface area contributed by atoms with Crippen molar-refractivity contribution in [1.82, 2.24) is 4.90 Å². The van der Waals surface area contributed by atoms with Gasteiger partial charge in [0.05, 0.1) is 12.6 Å². The number of ether oxygens (including phenoxy) is 1. The first kappa shape index (κ1) is 18.4. The molecule has 0 unspecified atom stereocenters. The van der Waals surface area contributed by atoms with Crippen molar-refractivity contribution in [2.75, 3.05) is 19.7 Å². The Hall–Kier alpha value is -0.970. The second-order valence-electron chi connectivity index (χ2n) is 6.45. The standard InChI is InChI=1S/C17H24Cl2N2O2/c1-11(2)16(20)17(22)21-5-3-12(4-6-21)10-23-15-8-13(18)7-14(19)9-15/h7-9,11-12,16H,3-6,10,20H2,1-2H3/t16-/m0/s1. The summed E-state index contributed by atoms with van der Waals surface area (Å²) in [4.78, 5) is 14.1. The molecule has 1 aromatic carbocycles. The summed E-state index contributed by atoms with van der Waals surface area (Å²) in [6.07, 6.45) is 1.84. The summed E-state index contributed by atoms with van der Waals surface area (Å²) in [5.41, 5.74) is 5.95. The average molecular weight is 359 g/mol. The third kappa shape index (κ3) is 5.27. The van der Waals surface area contributed by atoms with E-state index in [-0.39, 0.29) is 11.8 Å². The first-order valence-electron chi connectivity index (χ1n) is 8.00. The average Bonchev–Trinajstić information content (AvgIpc) is 2.51. The maximum absolute atomic E-state index is 12.2. The zero-order chi connectivity index (χ0) is 17.0. The minimum Gasteiger partial charge on any atom is -0.493 e.